The second-order valence-corrected chi connectivity index (χ2v) is 6.27. The smallest absolute Gasteiger partial charge is 0.243 e. The van der Waals surface area contributed by atoms with E-state index < -0.39 is 22.0 Å². The lowest BCUT2D eigenvalue weighted by Crippen LogP contribution is -2.45. The highest BCUT2D eigenvalue weighted by atomic mass is 32.2. The fourth-order valence-electron chi connectivity index (χ4n) is 1.82. The number of nitrogen functional groups attached to an aromatic ring is 1. The van der Waals surface area contributed by atoms with Crippen LogP contribution in [0.2, 0.25) is 0 Å². The van der Waals surface area contributed by atoms with E-state index in [0.717, 1.165) is 0 Å². The van der Waals surface area contributed by atoms with Crippen molar-refractivity contribution in [2.45, 2.75) is 24.8 Å². The van der Waals surface area contributed by atoms with Gasteiger partial charge in [0.1, 0.15) is 4.90 Å². The highest BCUT2D eigenvalue weighted by Gasteiger charge is 2.25. The lowest BCUT2D eigenvalue weighted by molar-refractivity contribution is -0.122. The van der Waals surface area contributed by atoms with Gasteiger partial charge in [0.15, 0.2) is 0 Å². The molecule has 0 heterocycles. The molecule has 0 aliphatic heterocycles. The average Bonchev–Trinajstić information content (AvgIpc) is 2.37. The van der Waals surface area contributed by atoms with E-state index in [0.29, 0.717) is 18.7 Å². The maximum atomic E-state index is 12.3. The van der Waals surface area contributed by atoms with E-state index in [1.165, 1.54) is 20.1 Å². The van der Waals surface area contributed by atoms with Crippen molar-refractivity contribution >= 4 is 21.6 Å². The van der Waals surface area contributed by atoms with Crippen LogP contribution in [0.4, 0.5) is 5.69 Å². The largest absolute Gasteiger partial charge is 0.398 e. The second-order valence-electron chi connectivity index (χ2n) is 4.62. The summed E-state index contributed by atoms with van der Waals surface area (Å²) >= 11 is 0. The molecule has 8 heteroatoms. The number of hydrogen-bond acceptors (Lipinski definition) is 5. The van der Waals surface area contributed by atoms with Crippen LogP contribution in [0.1, 0.15) is 12.5 Å². The van der Waals surface area contributed by atoms with Crippen LogP contribution >= 0.6 is 0 Å². The van der Waals surface area contributed by atoms with Gasteiger partial charge in [-0.1, -0.05) is 12.1 Å². The second kappa shape index (κ2) is 7.39. The van der Waals surface area contributed by atoms with Crippen LogP contribution < -0.4 is 15.8 Å². The molecule has 1 unspecified atom stereocenters. The number of hydrogen-bond donors (Lipinski definition) is 3. The minimum Gasteiger partial charge on any atom is -0.398 e. The van der Waals surface area contributed by atoms with Gasteiger partial charge in [-0.15, -0.1) is 0 Å². The molecule has 0 aromatic heterocycles. The van der Waals surface area contributed by atoms with Gasteiger partial charge in [0.25, 0.3) is 0 Å². The van der Waals surface area contributed by atoms with Crippen molar-refractivity contribution in [1.82, 2.24) is 10.0 Å². The highest BCUT2D eigenvalue weighted by Crippen LogP contribution is 2.22. The van der Waals surface area contributed by atoms with Crippen molar-refractivity contribution in [3.8, 4) is 0 Å². The predicted molar refractivity (Wildman–Crippen MR) is 80.3 cm³/mol. The summed E-state index contributed by atoms with van der Waals surface area (Å²) in [5.41, 5.74) is 6.39. The first-order chi connectivity index (χ1) is 9.79. The standard InChI is InChI=1S/C13H21N3O4S/c1-9-5-4-6-11(14)12(9)21(18,19)16-10(2)13(17)15-7-8-20-3/h4-6,10,16H,7-8,14H2,1-3H3,(H,15,17). The molecule has 0 saturated heterocycles. The topological polar surface area (TPSA) is 111 Å². The van der Waals surface area contributed by atoms with E-state index in [1.807, 2.05) is 0 Å². The Balaban J connectivity index is 2.83. The number of methoxy groups -OCH3 is 1. The lowest BCUT2D eigenvalue weighted by Gasteiger charge is -2.16. The fourth-order valence-corrected chi connectivity index (χ4v) is 3.38. The molecule has 1 amide bonds. The van der Waals surface area contributed by atoms with Crippen LogP contribution in [0.3, 0.4) is 0 Å². The predicted octanol–water partition coefficient (Wildman–Crippen LogP) is 0.00662. The first-order valence-electron chi connectivity index (χ1n) is 6.43. The maximum absolute atomic E-state index is 12.3. The van der Waals surface area contributed by atoms with Crippen molar-refractivity contribution < 1.29 is 17.9 Å². The summed E-state index contributed by atoms with van der Waals surface area (Å²) in [6.45, 7) is 3.78. The summed E-state index contributed by atoms with van der Waals surface area (Å²) in [6, 6.07) is 3.91. The van der Waals surface area contributed by atoms with Gasteiger partial charge in [-0.05, 0) is 25.5 Å². The normalized spacial score (nSPS) is 12.9. The number of nitrogens with two attached hydrogens (primary N) is 1. The molecule has 0 aliphatic rings. The van der Waals surface area contributed by atoms with Gasteiger partial charge in [-0.2, -0.15) is 4.72 Å². The molecule has 0 bridgehead atoms. The molecule has 118 valence electrons. The van der Waals surface area contributed by atoms with Crippen LogP contribution in [-0.4, -0.2) is 40.6 Å². The summed E-state index contributed by atoms with van der Waals surface area (Å²) in [4.78, 5) is 11.8. The van der Waals surface area contributed by atoms with E-state index in [-0.39, 0.29) is 10.6 Å². The van der Waals surface area contributed by atoms with E-state index in [4.69, 9.17) is 10.5 Å². The molecule has 4 N–H and O–H groups in total. The quantitative estimate of drug-likeness (QED) is 0.485. The Morgan fingerprint density at radius 1 is 1.43 bits per heavy atom. The van der Waals surface area contributed by atoms with Gasteiger partial charge in [0, 0.05) is 13.7 Å². The average molecular weight is 315 g/mol. The van der Waals surface area contributed by atoms with Gasteiger partial charge in [-0.3, -0.25) is 4.79 Å². The number of benzene rings is 1. The van der Waals surface area contributed by atoms with E-state index >= 15 is 0 Å². The van der Waals surface area contributed by atoms with Crippen LogP contribution in [0, 0.1) is 6.92 Å². The number of carbonyl (C=O) groups is 1. The number of carbonyl (C=O) groups excluding carboxylic acids is 1. The molecule has 1 aromatic rings. The maximum Gasteiger partial charge on any atom is 0.243 e. The van der Waals surface area contributed by atoms with Crippen molar-refractivity contribution in [3.63, 3.8) is 0 Å². The Bertz CT molecular complexity index is 581. The monoisotopic (exact) mass is 315 g/mol. The molecule has 0 fully saturated rings. The zero-order valence-corrected chi connectivity index (χ0v) is 13.2. The summed E-state index contributed by atoms with van der Waals surface area (Å²) in [5, 5.41) is 2.56. The van der Waals surface area contributed by atoms with Crippen LogP contribution in [-0.2, 0) is 19.6 Å². The van der Waals surface area contributed by atoms with Crippen molar-refractivity contribution in [2.24, 2.45) is 0 Å². The number of sulfonamides is 1. The number of aryl methyl sites for hydroxylation is 1. The highest BCUT2D eigenvalue weighted by molar-refractivity contribution is 7.89. The zero-order chi connectivity index (χ0) is 16.0. The Labute approximate surface area is 124 Å². The number of nitrogens with one attached hydrogen (secondary N) is 2. The molecule has 21 heavy (non-hydrogen) atoms. The molecule has 1 rings (SSSR count). The van der Waals surface area contributed by atoms with Crippen LogP contribution in [0.15, 0.2) is 23.1 Å². The summed E-state index contributed by atoms with van der Waals surface area (Å²) < 4.78 is 31.8. The third-order valence-electron chi connectivity index (χ3n) is 2.84. The fraction of sp³-hybridized carbons (Fsp3) is 0.462. The summed E-state index contributed by atoms with van der Waals surface area (Å²) in [7, 11) is -2.35. The van der Waals surface area contributed by atoms with E-state index in [1.54, 1.807) is 19.1 Å². The zero-order valence-electron chi connectivity index (χ0n) is 12.3. The first-order valence-corrected chi connectivity index (χ1v) is 7.92. The van der Waals surface area contributed by atoms with Crippen LogP contribution in [0.5, 0.6) is 0 Å². The Hall–Kier alpha value is -1.64. The minimum absolute atomic E-state index is 0.00143. The molecule has 0 radical (unpaired) electrons. The van der Waals surface area contributed by atoms with Crippen LogP contribution in [0.25, 0.3) is 0 Å². The number of rotatable bonds is 7. The van der Waals surface area contributed by atoms with E-state index in [9.17, 15) is 13.2 Å². The Kier molecular flexibility index (Phi) is 6.13. The van der Waals surface area contributed by atoms with Gasteiger partial charge in [0.2, 0.25) is 15.9 Å². The molecule has 0 spiro atoms. The summed E-state index contributed by atoms with van der Waals surface area (Å²) in [5.74, 6) is -0.428. The molecule has 7 nitrogen and oxygen atoms in total. The molecule has 0 saturated carbocycles. The molecular weight excluding hydrogens is 294 g/mol. The van der Waals surface area contributed by atoms with Gasteiger partial charge in [-0.25, -0.2) is 8.42 Å². The SMILES string of the molecule is COCCNC(=O)C(C)NS(=O)(=O)c1c(C)cccc1N. The first kappa shape index (κ1) is 17.4. The van der Waals surface area contributed by atoms with Gasteiger partial charge < -0.3 is 15.8 Å². The van der Waals surface area contributed by atoms with E-state index in [2.05, 4.69) is 10.0 Å². The third kappa shape index (κ3) is 4.69. The minimum atomic E-state index is -3.86. The summed E-state index contributed by atoms with van der Waals surface area (Å²) in [6.07, 6.45) is 0. The number of ether oxygens (including phenoxy) is 1. The van der Waals surface area contributed by atoms with Gasteiger partial charge in [0.05, 0.1) is 18.3 Å². The molecule has 1 aromatic carbocycles. The van der Waals surface area contributed by atoms with Crippen molar-refractivity contribution in [3.05, 3.63) is 23.8 Å². The Morgan fingerprint density at radius 3 is 2.67 bits per heavy atom. The number of amides is 1. The van der Waals surface area contributed by atoms with Crippen molar-refractivity contribution in [1.29, 1.82) is 0 Å². The number of anilines is 1. The molecular formula is C13H21N3O4S. The Morgan fingerprint density at radius 2 is 2.10 bits per heavy atom. The molecule has 1 atom stereocenters. The van der Waals surface area contributed by atoms with Crippen molar-refractivity contribution in [2.75, 3.05) is 26.0 Å². The molecule has 0 aliphatic carbocycles. The van der Waals surface area contributed by atoms with Gasteiger partial charge >= 0.3 is 0 Å². The third-order valence-corrected chi connectivity index (χ3v) is 4.60. The lowest BCUT2D eigenvalue weighted by atomic mass is 10.2.